The number of aromatic nitrogens is 2. The molecule has 6 heteroatoms. The van der Waals surface area contributed by atoms with E-state index in [2.05, 4.69) is 17.1 Å². The van der Waals surface area contributed by atoms with Crippen LogP contribution in [0, 0.1) is 0 Å². The highest BCUT2D eigenvalue weighted by atomic mass is 16.5. The second-order valence-corrected chi connectivity index (χ2v) is 8.21. The number of hydrogen-bond donors (Lipinski definition) is 0. The Kier molecular flexibility index (Phi) is 8.72. The van der Waals surface area contributed by atoms with Crippen molar-refractivity contribution in [2.45, 2.75) is 77.0 Å². The summed E-state index contributed by atoms with van der Waals surface area (Å²) < 4.78 is 10.7. The van der Waals surface area contributed by atoms with Crippen molar-refractivity contribution in [3.8, 4) is 17.1 Å². The molecule has 0 aliphatic carbocycles. The first-order valence-electron chi connectivity index (χ1n) is 11.5. The zero-order valence-corrected chi connectivity index (χ0v) is 18.4. The van der Waals surface area contributed by atoms with E-state index in [4.69, 9.17) is 9.26 Å². The Labute approximate surface area is 180 Å². The van der Waals surface area contributed by atoms with Gasteiger partial charge in [0, 0.05) is 31.0 Å². The number of likely N-dealkylation sites (tertiary alicyclic amines) is 1. The highest BCUT2D eigenvalue weighted by molar-refractivity contribution is 5.76. The number of unbranched alkanes of at least 4 members (excludes halogenated alkanes) is 6. The third kappa shape index (κ3) is 6.31. The zero-order chi connectivity index (χ0) is 21.2. The third-order valence-corrected chi connectivity index (χ3v) is 5.98. The van der Waals surface area contributed by atoms with Gasteiger partial charge in [0.1, 0.15) is 5.75 Å². The number of piperidine rings is 1. The molecule has 0 unspecified atom stereocenters. The van der Waals surface area contributed by atoms with Crippen molar-refractivity contribution >= 4 is 5.91 Å². The summed E-state index contributed by atoms with van der Waals surface area (Å²) in [5, 5.41) is 4.14. The summed E-state index contributed by atoms with van der Waals surface area (Å²) in [5.74, 6) is 2.61. The summed E-state index contributed by atoms with van der Waals surface area (Å²) in [5.41, 5.74) is 0.910. The lowest BCUT2D eigenvalue weighted by molar-refractivity contribution is -0.132. The fourth-order valence-electron chi connectivity index (χ4n) is 4.03. The third-order valence-electron chi connectivity index (χ3n) is 5.98. The molecule has 1 fully saturated rings. The van der Waals surface area contributed by atoms with E-state index in [0.717, 1.165) is 43.7 Å². The first-order chi connectivity index (χ1) is 14.7. The van der Waals surface area contributed by atoms with Gasteiger partial charge in [0.2, 0.25) is 17.6 Å². The Balaban J connectivity index is 1.40. The topological polar surface area (TPSA) is 68.5 Å². The van der Waals surface area contributed by atoms with Crippen LogP contribution in [0.5, 0.6) is 5.75 Å². The maximum Gasteiger partial charge on any atom is 0.230 e. The number of ether oxygens (including phenoxy) is 1. The standard InChI is InChI=1S/C24H35N3O3/c1-3-4-5-6-7-8-9-10-22(28)27-17-15-20(16-18-27)24-25-23(26-30-24)19-11-13-21(29-2)14-12-19/h11-14,20H,3-10,15-18H2,1-2H3. The van der Waals surface area contributed by atoms with Gasteiger partial charge in [-0.25, -0.2) is 0 Å². The van der Waals surface area contributed by atoms with Crippen LogP contribution >= 0.6 is 0 Å². The summed E-state index contributed by atoms with van der Waals surface area (Å²) in [6.45, 7) is 3.79. The monoisotopic (exact) mass is 413 g/mol. The van der Waals surface area contributed by atoms with Crippen molar-refractivity contribution in [1.82, 2.24) is 15.0 Å². The van der Waals surface area contributed by atoms with Crippen LogP contribution in [0.4, 0.5) is 0 Å². The molecule has 2 aromatic rings. The smallest absolute Gasteiger partial charge is 0.230 e. The number of carbonyl (C=O) groups is 1. The molecule has 6 nitrogen and oxygen atoms in total. The molecule has 1 aliphatic rings. The van der Waals surface area contributed by atoms with Crippen LogP contribution < -0.4 is 4.74 Å². The number of methoxy groups -OCH3 is 1. The zero-order valence-electron chi connectivity index (χ0n) is 18.4. The quantitative estimate of drug-likeness (QED) is 0.449. The SMILES string of the molecule is CCCCCCCCCC(=O)N1CCC(c2nc(-c3ccc(OC)cc3)no2)CC1. The van der Waals surface area contributed by atoms with Gasteiger partial charge in [-0.15, -0.1) is 0 Å². The maximum absolute atomic E-state index is 12.5. The molecule has 0 atom stereocenters. The summed E-state index contributed by atoms with van der Waals surface area (Å²) in [7, 11) is 1.65. The molecule has 30 heavy (non-hydrogen) atoms. The fraction of sp³-hybridized carbons (Fsp3) is 0.625. The van der Waals surface area contributed by atoms with E-state index in [1.54, 1.807) is 7.11 Å². The summed E-state index contributed by atoms with van der Waals surface area (Å²) in [4.78, 5) is 19.1. The van der Waals surface area contributed by atoms with Gasteiger partial charge >= 0.3 is 0 Å². The van der Waals surface area contributed by atoms with Crippen LogP contribution in [-0.2, 0) is 4.79 Å². The molecule has 1 aromatic carbocycles. The normalized spacial score (nSPS) is 14.8. The summed E-state index contributed by atoms with van der Waals surface area (Å²) in [6, 6.07) is 7.64. The number of benzene rings is 1. The minimum atomic E-state index is 0.229. The van der Waals surface area contributed by atoms with E-state index in [-0.39, 0.29) is 5.92 Å². The lowest BCUT2D eigenvalue weighted by Gasteiger charge is -2.30. The minimum absolute atomic E-state index is 0.229. The van der Waals surface area contributed by atoms with E-state index < -0.39 is 0 Å². The van der Waals surface area contributed by atoms with E-state index in [0.29, 0.717) is 24.0 Å². The van der Waals surface area contributed by atoms with Crippen molar-refractivity contribution in [2.24, 2.45) is 0 Å². The van der Waals surface area contributed by atoms with E-state index >= 15 is 0 Å². The molecule has 0 saturated carbocycles. The van der Waals surface area contributed by atoms with Crippen LogP contribution in [0.3, 0.4) is 0 Å². The van der Waals surface area contributed by atoms with E-state index in [1.165, 1.54) is 38.5 Å². The Morgan fingerprint density at radius 1 is 1.07 bits per heavy atom. The number of nitrogens with zero attached hydrogens (tertiary/aromatic N) is 3. The van der Waals surface area contributed by atoms with Gasteiger partial charge in [-0.05, 0) is 43.5 Å². The second kappa shape index (κ2) is 11.7. The van der Waals surface area contributed by atoms with Gasteiger partial charge in [0.25, 0.3) is 0 Å². The van der Waals surface area contributed by atoms with Crippen molar-refractivity contribution in [3.63, 3.8) is 0 Å². The molecule has 0 radical (unpaired) electrons. The van der Waals surface area contributed by atoms with Gasteiger partial charge in [0.15, 0.2) is 0 Å². The average Bonchev–Trinajstić information content (AvgIpc) is 3.29. The summed E-state index contributed by atoms with van der Waals surface area (Å²) >= 11 is 0. The molecular formula is C24H35N3O3. The van der Waals surface area contributed by atoms with Crippen molar-refractivity contribution in [1.29, 1.82) is 0 Å². The molecule has 1 aliphatic heterocycles. The minimum Gasteiger partial charge on any atom is -0.497 e. The number of rotatable bonds is 11. The highest BCUT2D eigenvalue weighted by Crippen LogP contribution is 2.29. The molecule has 2 heterocycles. The summed E-state index contributed by atoms with van der Waals surface area (Å²) in [6.07, 6.45) is 11.1. The molecule has 0 spiro atoms. The Morgan fingerprint density at radius 2 is 1.73 bits per heavy atom. The number of carbonyl (C=O) groups excluding carboxylic acids is 1. The predicted molar refractivity (Wildman–Crippen MR) is 117 cm³/mol. The van der Waals surface area contributed by atoms with Gasteiger partial charge in [-0.3, -0.25) is 4.79 Å². The van der Waals surface area contributed by atoms with Gasteiger partial charge in [0.05, 0.1) is 7.11 Å². The molecular weight excluding hydrogens is 378 g/mol. The van der Waals surface area contributed by atoms with E-state index in [1.807, 2.05) is 29.2 Å². The molecule has 1 amide bonds. The molecule has 3 rings (SSSR count). The van der Waals surface area contributed by atoms with Crippen molar-refractivity contribution in [2.75, 3.05) is 20.2 Å². The van der Waals surface area contributed by atoms with Crippen LogP contribution in [-0.4, -0.2) is 41.1 Å². The van der Waals surface area contributed by atoms with Crippen LogP contribution in [0.15, 0.2) is 28.8 Å². The van der Waals surface area contributed by atoms with Crippen LogP contribution in [0.25, 0.3) is 11.4 Å². The van der Waals surface area contributed by atoms with Crippen LogP contribution in [0.1, 0.15) is 82.9 Å². The Morgan fingerprint density at radius 3 is 2.40 bits per heavy atom. The van der Waals surface area contributed by atoms with Gasteiger partial charge < -0.3 is 14.2 Å². The molecule has 0 bridgehead atoms. The van der Waals surface area contributed by atoms with Crippen molar-refractivity contribution < 1.29 is 14.1 Å². The Bertz CT molecular complexity index is 764. The maximum atomic E-state index is 12.5. The van der Waals surface area contributed by atoms with E-state index in [9.17, 15) is 4.79 Å². The molecule has 0 N–H and O–H groups in total. The first-order valence-corrected chi connectivity index (χ1v) is 11.5. The second-order valence-electron chi connectivity index (χ2n) is 8.21. The molecule has 164 valence electrons. The fourth-order valence-corrected chi connectivity index (χ4v) is 4.03. The first kappa shape index (κ1) is 22.3. The lowest BCUT2D eigenvalue weighted by atomic mass is 9.96. The van der Waals surface area contributed by atoms with Crippen LogP contribution in [0.2, 0.25) is 0 Å². The predicted octanol–water partition coefficient (Wildman–Crippen LogP) is 5.59. The van der Waals surface area contributed by atoms with Gasteiger partial charge in [-0.1, -0.05) is 50.6 Å². The number of amides is 1. The largest absolute Gasteiger partial charge is 0.497 e. The highest BCUT2D eigenvalue weighted by Gasteiger charge is 2.27. The average molecular weight is 414 g/mol. The number of hydrogen-bond acceptors (Lipinski definition) is 5. The van der Waals surface area contributed by atoms with Gasteiger partial charge in [-0.2, -0.15) is 4.98 Å². The Hall–Kier alpha value is -2.37. The molecule has 1 aromatic heterocycles. The van der Waals surface area contributed by atoms with Crippen molar-refractivity contribution in [3.05, 3.63) is 30.2 Å². The molecule has 1 saturated heterocycles. The lowest BCUT2D eigenvalue weighted by Crippen LogP contribution is -2.37.